The second kappa shape index (κ2) is 6.83. The van der Waals surface area contributed by atoms with Crippen molar-refractivity contribution in [3.8, 4) is 11.5 Å². The number of nitrogens with zero attached hydrogens (tertiary/aromatic N) is 3. The normalized spacial score (nSPS) is 10.6. The van der Waals surface area contributed by atoms with Crippen molar-refractivity contribution in [2.24, 2.45) is 0 Å². The van der Waals surface area contributed by atoms with Crippen LogP contribution in [0.2, 0.25) is 0 Å². The third-order valence-corrected chi connectivity index (χ3v) is 3.07. The summed E-state index contributed by atoms with van der Waals surface area (Å²) in [4.78, 5) is 15.0. The zero-order chi connectivity index (χ0) is 15.2. The van der Waals surface area contributed by atoms with E-state index in [0.717, 1.165) is 12.8 Å². The Labute approximate surface area is 122 Å². The molecule has 0 bridgehead atoms. The molecule has 1 N–H and O–H groups in total. The van der Waals surface area contributed by atoms with E-state index in [1.165, 1.54) is 6.07 Å². The SMILES string of the molecule is CCCCNc1ccc(-c2nc(CC)no2)cc1[N+](=O)[O-]. The first-order chi connectivity index (χ1) is 10.2. The van der Waals surface area contributed by atoms with Gasteiger partial charge in [0.25, 0.3) is 11.6 Å². The first-order valence-electron chi connectivity index (χ1n) is 7.01. The number of unbranched alkanes of at least 4 members (excludes halogenated alkanes) is 1. The van der Waals surface area contributed by atoms with Crippen LogP contribution in [0.15, 0.2) is 22.7 Å². The highest BCUT2D eigenvalue weighted by atomic mass is 16.6. The van der Waals surface area contributed by atoms with E-state index in [9.17, 15) is 10.1 Å². The summed E-state index contributed by atoms with van der Waals surface area (Å²) in [6.07, 6.45) is 2.64. The van der Waals surface area contributed by atoms with Gasteiger partial charge in [-0.05, 0) is 18.6 Å². The summed E-state index contributed by atoms with van der Waals surface area (Å²) in [5.41, 5.74) is 1.07. The largest absolute Gasteiger partial charge is 0.379 e. The molecule has 1 aromatic heterocycles. The molecule has 0 spiro atoms. The van der Waals surface area contributed by atoms with Crippen molar-refractivity contribution < 1.29 is 9.45 Å². The molecule has 112 valence electrons. The monoisotopic (exact) mass is 290 g/mol. The van der Waals surface area contributed by atoms with Crippen molar-refractivity contribution >= 4 is 11.4 Å². The highest BCUT2D eigenvalue weighted by Crippen LogP contribution is 2.30. The Hall–Kier alpha value is -2.44. The molecule has 0 aliphatic carbocycles. The number of aryl methyl sites for hydroxylation is 1. The molecular weight excluding hydrogens is 272 g/mol. The van der Waals surface area contributed by atoms with Crippen LogP contribution < -0.4 is 5.32 Å². The van der Waals surface area contributed by atoms with E-state index in [0.29, 0.717) is 35.9 Å². The van der Waals surface area contributed by atoms with Crippen LogP contribution in [0.25, 0.3) is 11.5 Å². The molecule has 2 rings (SSSR count). The van der Waals surface area contributed by atoms with E-state index < -0.39 is 4.92 Å². The maximum Gasteiger partial charge on any atom is 0.293 e. The molecule has 7 nitrogen and oxygen atoms in total. The van der Waals surface area contributed by atoms with Crippen LogP contribution >= 0.6 is 0 Å². The molecule has 0 saturated heterocycles. The minimum atomic E-state index is -0.408. The molecule has 21 heavy (non-hydrogen) atoms. The Balaban J connectivity index is 2.28. The van der Waals surface area contributed by atoms with E-state index in [4.69, 9.17) is 4.52 Å². The first-order valence-corrected chi connectivity index (χ1v) is 7.01. The zero-order valence-electron chi connectivity index (χ0n) is 12.1. The summed E-state index contributed by atoms with van der Waals surface area (Å²) in [5.74, 6) is 0.882. The summed E-state index contributed by atoms with van der Waals surface area (Å²) in [7, 11) is 0. The maximum atomic E-state index is 11.2. The van der Waals surface area contributed by atoms with Gasteiger partial charge in [-0.3, -0.25) is 10.1 Å². The fraction of sp³-hybridized carbons (Fsp3) is 0.429. The maximum absolute atomic E-state index is 11.2. The number of nitro groups is 1. The third-order valence-electron chi connectivity index (χ3n) is 3.07. The van der Waals surface area contributed by atoms with Crippen molar-refractivity contribution in [3.05, 3.63) is 34.1 Å². The summed E-state index contributed by atoms with van der Waals surface area (Å²) in [6.45, 7) is 4.69. The Morgan fingerprint density at radius 3 is 2.81 bits per heavy atom. The number of benzene rings is 1. The van der Waals surface area contributed by atoms with Crippen LogP contribution in [0.3, 0.4) is 0 Å². The quantitative estimate of drug-likeness (QED) is 0.477. The molecule has 0 fully saturated rings. The van der Waals surface area contributed by atoms with E-state index in [2.05, 4.69) is 22.4 Å². The van der Waals surface area contributed by atoms with Gasteiger partial charge >= 0.3 is 0 Å². The number of hydrogen-bond donors (Lipinski definition) is 1. The lowest BCUT2D eigenvalue weighted by atomic mass is 10.1. The topological polar surface area (TPSA) is 94.1 Å². The number of nitrogens with one attached hydrogen (secondary N) is 1. The predicted molar refractivity (Wildman–Crippen MR) is 79.2 cm³/mol. The average Bonchev–Trinajstić information content (AvgIpc) is 2.96. The highest BCUT2D eigenvalue weighted by Gasteiger charge is 2.17. The highest BCUT2D eigenvalue weighted by molar-refractivity contribution is 5.69. The van der Waals surface area contributed by atoms with Crippen LogP contribution in [-0.4, -0.2) is 21.6 Å². The van der Waals surface area contributed by atoms with Gasteiger partial charge in [0.15, 0.2) is 5.82 Å². The molecule has 0 atom stereocenters. The fourth-order valence-corrected chi connectivity index (χ4v) is 1.88. The molecule has 0 radical (unpaired) electrons. The predicted octanol–water partition coefficient (Wildman–Crippen LogP) is 3.42. The number of aromatic nitrogens is 2. The Kier molecular flexibility index (Phi) is 4.86. The average molecular weight is 290 g/mol. The Morgan fingerprint density at radius 1 is 1.38 bits per heavy atom. The van der Waals surface area contributed by atoms with Gasteiger partial charge in [0.1, 0.15) is 5.69 Å². The lowest BCUT2D eigenvalue weighted by molar-refractivity contribution is -0.383. The van der Waals surface area contributed by atoms with Gasteiger partial charge in [-0.25, -0.2) is 0 Å². The molecule has 0 amide bonds. The van der Waals surface area contributed by atoms with Crippen LogP contribution in [0.1, 0.15) is 32.5 Å². The first kappa shape index (κ1) is 15.0. The van der Waals surface area contributed by atoms with E-state index in [1.54, 1.807) is 12.1 Å². The number of anilines is 1. The fourth-order valence-electron chi connectivity index (χ4n) is 1.88. The van der Waals surface area contributed by atoms with Gasteiger partial charge in [0, 0.05) is 24.6 Å². The second-order valence-corrected chi connectivity index (χ2v) is 4.64. The van der Waals surface area contributed by atoms with E-state index in [1.807, 2.05) is 6.92 Å². The van der Waals surface area contributed by atoms with Crippen LogP contribution in [-0.2, 0) is 6.42 Å². The summed E-state index contributed by atoms with van der Waals surface area (Å²) in [6, 6.07) is 4.88. The molecule has 7 heteroatoms. The van der Waals surface area contributed by atoms with Crippen molar-refractivity contribution in [2.45, 2.75) is 33.1 Å². The van der Waals surface area contributed by atoms with Gasteiger partial charge in [-0.15, -0.1) is 0 Å². The van der Waals surface area contributed by atoms with Crippen molar-refractivity contribution in [2.75, 3.05) is 11.9 Å². The van der Waals surface area contributed by atoms with Crippen molar-refractivity contribution in [1.82, 2.24) is 10.1 Å². The Bertz CT molecular complexity index is 624. The van der Waals surface area contributed by atoms with Crippen LogP contribution in [0.4, 0.5) is 11.4 Å². The van der Waals surface area contributed by atoms with Gasteiger partial charge in [-0.2, -0.15) is 4.98 Å². The molecule has 0 aliphatic rings. The number of rotatable bonds is 7. The third kappa shape index (κ3) is 3.56. The minimum Gasteiger partial charge on any atom is -0.379 e. The molecule has 1 heterocycles. The smallest absolute Gasteiger partial charge is 0.293 e. The lowest BCUT2D eigenvalue weighted by Gasteiger charge is -2.06. The van der Waals surface area contributed by atoms with Crippen molar-refractivity contribution in [1.29, 1.82) is 0 Å². The van der Waals surface area contributed by atoms with Crippen LogP contribution in [0, 0.1) is 10.1 Å². The molecule has 0 aliphatic heterocycles. The molecule has 2 aromatic rings. The molecule has 0 saturated carbocycles. The lowest BCUT2D eigenvalue weighted by Crippen LogP contribution is -2.04. The van der Waals surface area contributed by atoms with Crippen LogP contribution in [0.5, 0.6) is 0 Å². The van der Waals surface area contributed by atoms with Gasteiger partial charge in [-0.1, -0.05) is 25.4 Å². The van der Waals surface area contributed by atoms with Crippen molar-refractivity contribution in [3.63, 3.8) is 0 Å². The van der Waals surface area contributed by atoms with Gasteiger partial charge in [0.05, 0.1) is 4.92 Å². The van der Waals surface area contributed by atoms with E-state index >= 15 is 0 Å². The second-order valence-electron chi connectivity index (χ2n) is 4.64. The molecular formula is C14H18N4O3. The summed E-state index contributed by atoms with van der Waals surface area (Å²) in [5, 5.41) is 18.1. The molecule has 1 aromatic carbocycles. The van der Waals surface area contributed by atoms with Gasteiger partial charge in [0.2, 0.25) is 0 Å². The summed E-state index contributed by atoms with van der Waals surface area (Å²) < 4.78 is 5.11. The zero-order valence-corrected chi connectivity index (χ0v) is 12.1. The molecule has 0 unspecified atom stereocenters. The standard InChI is InChI=1S/C14H18N4O3/c1-3-5-8-15-11-7-6-10(9-12(11)18(19)20)14-16-13(4-2)17-21-14/h6-7,9,15H,3-5,8H2,1-2H3. The number of hydrogen-bond acceptors (Lipinski definition) is 6. The Morgan fingerprint density at radius 2 is 2.19 bits per heavy atom. The minimum absolute atomic E-state index is 0.0138. The summed E-state index contributed by atoms with van der Waals surface area (Å²) >= 11 is 0. The van der Waals surface area contributed by atoms with E-state index in [-0.39, 0.29) is 5.69 Å². The number of nitro benzene ring substituents is 1. The van der Waals surface area contributed by atoms with Gasteiger partial charge < -0.3 is 9.84 Å².